The molecular formula is C7H14N2S. The quantitative estimate of drug-likeness (QED) is 0.678. The Morgan fingerprint density at radius 1 is 1.60 bits per heavy atom. The van der Waals surface area contributed by atoms with E-state index >= 15 is 0 Å². The second-order valence-corrected chi connectivity index (χ2v) is 2.28. The summed E-state index contributed by atoms with van der Waals surface area (Å²) >= 11 is 1.46. The second kappa shape index (κ2) is 5.38. The van der Waals surface area contributed by atoms with Crippen molar-refractivity contribution in [1.29, 1.82) is 0 Å². The summed E-state index contributed by atoms with van der Waals surface area (Å²) in [5.74, 6) is 0. The molecule has 0 saturated carbocycles. The molecule has 0 radical (unpaired) electrons. The van der Waals surface area contributed by atoms with Crippen LogP contribution in [0.15, 0.2) is 5.38 Å². The summed E-state index contributed by atoms with van der Waals surface area (Å²) < 4.78 is 4.05. The number of hydrogen-bond acceptors (Lipinski definition) is 3. The van der Waals surface area contributed by atoms with Crippen LogP contribution < -0.4 is 5.73 Å². The van der Waals surface area contributed by atoms with Crippen LogP contribution in [0, 0.1) is 6.92 Å². The highest BCUT2D eigenvalue weighted by molar-refractivity contribution is 7.03. The molecule has 0 aliphatic heterocycles. The molecule has 3 heteroatoms. The molecule has 0 aliphatic carbocycles. The molecule has 2 nitrogen and oxygen atoms in total. The van der Waals surface area contributed by atoms with Gasteiger partial charge in [0, 0.05) is 11.9 Å². The van der Waals surface area contributed by atoms with Gasteiger partial charge < -0.3 is 5.73 Å². The Balaban J connectivity index is 0.000000371. The van der Waals surface area contributed by atoms with Gasteiger partial charge in [0.1, 0.15) is 0 Å². The highest BCUT2D eigenvalue weighted by Gasteiger charge is 1.94. The molecular weight excluding hydrogens is 144 g/mol. The molecule has 1 aromatic heterocycles. The molecule has 0 bridgehead atoms. The van der Waals surface area contributed by atoms with Crippen molar-refractivity contribution >= 4 is 11.5 Å². The Morgan fingerprint density at radius 3 is 2.40 bits per heavy atom. The van der Waals surface area contributed by atoms with E-state index in [4.69, 9.17) is 5.73 Å². The van der Waals surface area contributed by atoms with Gasteiger partial charge in [-0.25, -0.2) is 0 Å². The van der Waals surface area contributed by atoms with Crippen LogP contribution >= 0.6 is 11.5 Å². The molecule has 0 spiro atoms. The summed E-state index contributed by atoms with van der Waals surface area (Å²) in [6, 6.07) is 0. The van der Waals surface area contributed by atoms with E-state index in [2.05, 4.69) is 4.37 Å². The molecule has 0 saturated heterocycles. The third-order valence-corrected chi connectivity index (χ3v) is 1.83. The van der Waals surface area contributed by atoms with Gasteiger partial charge in [0.25, 0.3) is 0 Å². The van der Waals surface area contributed by atoms with Gasteiger partial charge in [-0.15, -0.1) is 0 Å². The molecule has 0 amide bonds. The molecule has 58 valence electrons. The van der Waals surface area contributed by atoms with E-state index in [-0.39, 0.29) is 0 Å². The number of nitrogens with two attached hydrogens (primary N) is 1. The van der Waals surface area contributed by atoms with Crippen molar-refractivity contribution in [1.82, 2.24) is 4.37 Å². The van der Waals surface area contributed by atoms with Gasteiger partial charge in [0.2, 0.25) is 0 Å². The number of aryl methyl sites for hydroxylation is 1. The van der Waals surface area contributed by atoms with Crippen molar-refractivity contribution in [3.63, 3.8) is 0 Å². The van der Waals surface area contributed by atoms with E-state index in [1.807, 2.05) is 26.2 Å². The van der Waals surface area contributed by atoms with E-state index in [1.165, 1.54) is 17.1 Å². The number of hydrogen-bond donors (Lipinski definition) is 1. The maximum atomic E-state index is 5.34. The van der Waals surface area contributed by atoms with Gasteiger partial charge in [0.15, 0.2) is 0 Å². The van der Waals surface area contributed by atoms with Gasteiger partial charge in [0.05, 0.1) is 5.69 Å². The molecule has 2 N–H and O–H groups in total. The fraction of sp³-hybridized carbons (Fsp3) is 0.571. The average molecular weight is 158 g/mol. The molecule has 1 heterocycles. The SMILES string of the molecule is CC.Cc1csnc1CN. The van der Waals surface area contributed by atoms with Gasteiger partial charge in [-0.05, 0) is 24.0 Å². The highest BCUT2D eigenvalue weighted by atomic mass is 32.1. The van der Waals surface area contributed by atoms with Crippen molar-refractivity contribution in [3.05, 3.63) is 16.6 Å². The number of rotatable bonds is 1. The maximum absolute atomic E-state index is 5.34. The monoisotopic (exact) mass is 158 g/mol. The second-order valence-electron chi connectivity index (χ2n) is 1.65. The van der Waals surface area contributed by atoms with Crippen LogP contribution in [-0.4, -0.2) is 4.37 Å². The van der Waals surface area contributed by atoms with Crippen molar-refractivity contribution in [2.24, 2.45) is 5.73 Å². The summed E-state index contributed by atoms with van der Waals surface area (Å²) in [5.41, 5.74) is 7.57. The Morgan fingerprint density at radius 2 is 2.20 bits per heavy atom. The largest absolute Gasteiger partial charge is 0.325 e. The minimum atomic E-state index is 0.565. The van der Waals surface area contributed by atoms with E-state index in [0.717, 1.165) is 5.69 Å². The highest BCUT2D eigenvalue weighted by Crippen LogP contribution is 2.06. The van der Waals surface area contributed by atoms with Crippen LogP contribution in [0.4, 0.5) is 0 Å². The van der Waals surface area contributed by atoms with E-state index < -0.39 is 0 Å². The summed E-state index contributed by atoms with van der Waals surface area (Å²) in [4.78, 5) is 0. The molecule has 1 rings (SSSR count). The Kier molecular flexibility index (Phi) is 5.16. The zero-order valence-electron chi connectivity index (χ0n) is 6.72. The van der Waals surface area contributed by atoms with Crippen molar-refractivity contribution in [2.75, 3.05) is 0 Å². The van der Waals surface area contributed by atoms with E-state index in [9.17, 15) is 0 Å². The Labute approximate surface area is 66.2 Å². The topological polar surface area (TPSA) is 38.9 Å². The lowest BCUT2D eigenvalue weighted by atomic mass is 10.3. The van der Waals surface area contributed by atoms with Gasteiger partial charge in [-0.2, -0.15) is 4.37 Å². The minimum Gasteiger partial charge on any atom is -0.325 e. The molecule has 0 atom stereocenters. The summed E-state index contributed by atoms with van der Waals surface area (Å²) in [7, 11) is 0. The van der Waals surface area contributed by atoms with Crippen molar-refractivity contribution in [2.45, 2.75) is 27.3 Å². The summed E-state index contributed by atoms with van der Waals surface area (Å²) in [6.45, 7) is 6.58. The lowest BCUT2D eigenvalue weighted by Crippen LogP contribution is -1.97. The minimum absolute atomic E-state index is 0.565. The zero-order chi connectivity index (χ0) is 7.98. The molecule has 0 unspecified atom stereocenters. The van der Waals surface area contributed by atoms with Gasteiger partial charge in [-0.3, -0.25) is 0 Å². The first kappa shape index (κ1) is 9.59. The standard InChI is InChI=1S/C5H8N2S.C2H6/c1-4-3-8-7-5(4)2-6;1-2/h3H,2,6H2,1H3;1-2H3. The number of nitrogens with zero attached hydrogens (tertiary/aromatic N) is 1. The van der Waals surface area contributed by atoms with Crippen LogP contribution in [0.3, 0.4) is 0 Å². The molecule has 0 aliphatic rings. The van der Waals surface area contributed by atoms with Crippen LogP contribution in [0.1, 0.15) is 25.1 Å². The van der Waals surface area contributed by atoms with Crippen LogP contribution in [0.25, 0.3) is 0 Å². The average Bonchev–Trinajstić information content (AvgIpc) is 2.39. The maximum Gasteiger partial charge on any atom is 0.0706 e. The predicted octanol–water partition coefficient (Wildman–Crippen LogP) is 1.94. The molecule has 0 aromatic carbocycles. The first-order valence-electron chi connectivity index (χ1n) is 3.44. The first-order chi connectivity index (χ1) is 4.84. The Hall–Kier alpha value is -0.410. The van der Waals surface area contributed by atoms with Gasteiger partial charge in [-0.1, -0.05) is 13.8 Å². The lowest BCUT2D eigenvalue weighted by molar-refractivity contribution is 1.01. The van der Waals surface area contributed by atoms with Crippen LogP contribution in [-0.2, 0) is 6.54 Å². The van der Waals surface area contributed by atoms with Crippen LogP contribution in [0.5, 0.6) is 0 Å². The van der Waals surface area contributed by atoms with Crippen molar-refractivity contribution in [3.8, 4) is 0 Å². The third-order valence-electron chi connectivity index (χ3n) is 1.04. The van der Waals surface area contributed by atoms with E-state index in [0.29, 0.717) is 6.54 Å². The summed E-state index contributed by atoms with van der Waals surface area (Å²) in [5, 5.41) is 2.00. The first-order valence-corrected chi connectivity index (χ1v) is 4.28. The fourth-order valence-electron chi connectivity index (χ4n) is 0.507. The molecule has 10 heavy (non-hydrogen) atoms. The smallest absolute Gasteiger partial charge is 0.0706 e. The van der Waals surface area contributed by atoms with Gasteiger partial charge >= 0.3 is 0 Å². The normalized spacial score (nSPS) is 8.40. The Bertz CT molecular complexity index is 172. The van der Waals surface area contributed by atoms with Crippen molar-refractivity contribution < 1.29 is 0 Å². The third kappa shape index (κ3) is 2.45. The molecule has 1 aromatic rings. The zero-order valence-corrected chi connectivity index (χ0v) is 7.53. The van der Waals surface area contributed by atoms with E-state index in [1.54, 1.807) is 0 Å². The molecule has 0 fully saturated rings. The van der Waals surface area contributed by atoms with Crippen LogP contribution in [0.2, 0.25) is 0 Å². The lowest BCUT2D eigenvalue weighted by Gasteiger charge is -1.86. The summed E-state index contributed by atoms with van der Waals surface area (Å²) in [6.07, 6.45) is 0. The number of aromatic nitrogens is 1. The fourth-order valence-corrected chi connectivity index (χ4v) is 1.20. The predicted molar refractivity (Wildman–Crippen MR) is 46.1 cm³/mol.